The minimum absolute atomic E-state index is 0.0128. The van der Waals surface area contributed by atoms with Crippen molar-refractivity contribution in [3.8, 4) is 11.4 Å². The van der Waals surface area contributed by atoms with Crippen LogP contribution < -0.4 is 5.73 Å². The minimum Gasteiger partial charge on any atom is -0.366 e. The molecule has 1 aliphatic carbocycles. The second kappa shape index (κ2) is 9.04. The molecule has 0 atom stereocenters. The van der Waals surface area contributed by atoms with Gasteiger partial charge < -0.3 is 5.73 Å². The first-order chi connectivity index (χ1) is 15.3. The number of nitrogens with zero attached hydrogens (tertiary/aromatic N) is 3. The molecule has 2 N–H and O–H groups in total. The molecule has 0 spiro atoms. The molecule has 2 aromatic rings. The molecule has 1 amide bonds. The van der Waals surface area contributed by atoms with E-state index in [2.05, 4.69) is 10.1 Å². The molecule has 1 heterocycles. The quantitative estimate of drug-likeness (QED) is 0.476. The van der Waals surface area contributed by atoms with Gasteiger partial charge in [0.25, 0.3) is 5.91 Å². The van der Waals surface area contributed by atoms with Crippen molar-refractivity contribution >= 4 is 12.1 Å². The monoisotopic (exact) mass is 472 g/mol. The van der Waals surface area contributed by atoms with Crippen LogP contribution >= 0.6 is 0 Å². The molecule has 5 nitrogen and oxygen atoms in total. The van der Waals surface area contributed by atoms with Crippen molar-refractivity contribution in [1.82, 2.24) is 14.8 Å². The lowest BCUT2D eigenvalue weighted by molar-refractivity contribution is -0.143. The summed E-state index contributed by atoms with van der Waals surface area (Å²) in [4.78, 5) is 15.7. The van der Waals surface area contributed by atoms with Gasteiger partial charge in [-0.15, -0.1) is 5.10 Å². The Balaban J connectivity index is 2.06. The van der Waals surface area contributed by atoms with Crippen molar-refractivity contribution in [2.75, 3.05) is 0 Å². The molecule has 0 unspecified atom stereocenters. The van der Waals surface area contributed by atoms with Gasteiger partial charge in [-0.05, 0) is 36.3 Å². The summed E-state index contributed by atoms with van der Waals surface area (Å²) >= 11 is 0. The average Bonchev–Trinajstić information content (AvgIpc) is 3.16. The normalized spacial score (nSPS) is 18.1. The van der Waals surface area contributed by atoms with Crippen molar-refractivity contribution in [3.63, 3.8) is 0 Å². The maximum absolute atomic E-state index is 13.9. The third-order valence-corrected chi connectivity index (χ3v) is 4.47. The molecule has 12 heteroatoms. The molecule has 0 radical (unpaired) electrons. The van der Waals surface area contributed by atoms with Crippen LogP contribution in [-0.4, -0.2) is 20.7 Å². The fourth-order valence-electron chi connectivity index (χ4n) is 2.91. The zero-order chi connectivity index (χ0) is 24.4. The van der Waals surface area contributed by atoms with Crippen LogP contribution in [0.1, 0.15) is 24.0 Å². The van der Waals surface area contributed by atoms with Crippen LogP contribution in [-0.2, 0) is 17.1 Å². The Kier molecular flexibility index (Phi) is 6.56. The van der Waals surface area contributed by atoms with Crippen molar-refractivity contribution in [3.05, 3.63) is 76.9 Å². The number of hydrogen-bond acceptors (Lipinski definition) is 3. The molecule has 0 saturated heterocycles. The van der Waals surface area contributed by atoms with Gasteiger partial charge >= 0.3 is 12.4 Å². The predicted octanol–water partition coefficient (Wildman–Crippen LogP) is 5.44. The van der Waals surface area contributed by atoms with Gasteiger partial charge in [0.05, 0.1) is 16.7 Å². The van der Waals surface area contributed by atoms with Gasteiger partial charge in [0.1, 0.15) is 12.2 Å². The molecule has 1 aromatic carbocycles. The highest BCUT2D eigenvalue weighted by atomic mass is 19.4. The Morgan fingerprint density at radius 2 is 1.70 bits per heavy atom. The third-order valence-electron chi connectivity index (χ3n) is 4.47. The molecule has 1 aromatic heterocycles. The van der Waals surface area contributed by atoms with Crippen molar-refractivity contribution in [2.45, 2.75) is 25.2 Å². The predicted molar refractivity (Wildman–Crippen MR) is 105 cm³/mol. The summed E-state index contributed by atoms with van der Waals surface area (Å²) in [5.74, 6) is -1.93. The van der Waals surface area contributed by atoms with Crippen LogP contribution in [0.25, 0.3) is 17.6 Å². The number of alkyl halides is 6. The second-order valence-corrected chi connectivity index (χ2v) is 6.93. The van der Waals surface area contributed by atoms with E-state index in [9.17, 15) is 35.5 Å². The Morgan fingerprint density at radius 1 is 1.06 bits per heavy atom. The van der Waals surface area contributed by atoms with E-state index in [0.29, 0.717) is 18.6 Å². The van der Waals surface area contributed by atoms with E-state index >= 15 is 0 Å². The number of halogens is 7. The van der Waals surface area contributed by atoms with Gasteiger partial charge in [0.15, 0.2) is 5.82 Å². The molecule has 0 saturated carbocycles. The maximum atomic E-state index is 13.9. The maximum Gasteiger partial charge on any atom is 0.416 e. The third kappa shape index (κ3) is 5.96. The minimum atomic E-state index is -5.04. The zero-order valence-electron chi connectivity index (χ0n) is 16.6. The van der Waals surface area contributed by atoms with Crippen LogP contribution in [0.3, 0.4) is 0 Å². The van der Waals surface area contributed by atoms with E-state index in [4.69, 9.17) is 5.73 Å². The number of amides is 1. The van der Waals surface area contributed by atoms with Crippen LogP contribution in [0.4, 0.5) is 30.7 Å². The summed E-state index contributed by atoms with van der Waals surface area (Å²) in [5, 5.41) is 3.83. The van der Waals surface area contributed by atoms with Gasteiger partial charge in [-0.3, -0.25) is 4.79 Å². The summed E-state index contributed by atoms with van der Waals surface area (Å²) < 4.78 is 93.4. The van der Waals surface area contributed by atoms with E-state index in [-0.39, 0.29) is 23.6 Å². The Bertz CT molecular complexity index is 1150. The van der Waals surface area contributed by atoms with Gasteiger partial charge in [-0.2, -0.15) is 26.3 Å². The van der Waals surface area contributed by atoms with Gasteiger partial charge in [-0.25, -0.2) is 14.1 Å². The number of hydrogen-bond donors (Lipinski definition) is 1. The fraction of sp³-hybridized carbons (Fsp3) is 0.190. The fourth-order valence-corrected chi connectivity index (χ4v) is 2.91. The largest absolute Gasteiger partial charge is 0.416 e. The summed E-state index contributed by atoms with van der Waals surface area (Å²) in [6.45, 7) is 0. The number of aromatic nitrogens is 3. The van der Waals surface area contributed by atoms with E-state index in [1.807, 2.05) is 0 Å². The lowest BCUT2D eigenvalue weighted by Crippen LogP contribution is -2.16. The van der Waals surface area contributed by atoms with E-state index in [1.165, 1.54) is 6.08 Å². The van der Waals surface area contributed by atoms with Crippen LogP contribution in [0.5, 0.6) is 0 Å². The van der Waals surface area contributed by atoms with Gasteiger partial charge in [-0.1, -0.05) is 18.2 Å². The van der Waals surface area contributed by atoms with E-state index < -0.39 is 46.6 Å². The number of carbonyl (C=O) groups excluding carboxylic acids is 1. The molecule has 0 bridgehead atoms. The smallest absolute Gasteiger partial charge is 0.366 e. The molecule has 0 aliphatic heterocycles. The molecule has 3 rings (SSSR count). The lowest BCUT2D eigenvalue weighted by atomic mass is 10.0. The first-order valence-electron chi connectivity index (χ1n) is 9.30. The summed E-state index contributed by atoms with van der Waals surface area (Å²) in [6.07, 6.45) is -1.73. The molecule has 33 heavy (non-hydrogen) atoms. The Morgan fingerprint density at radius 3 is 2.27 bits per heavy atom. The highest BCUT2D eigenvalue weighted by Crippen LogP contribution is 2.38. The topological polar surface area (TPSA) is 73.8 Å². The van der Waals surface area contributed by atoms with Crippen molar-refractivity contribution in [2.24, 2.45) is 5.73 Å². The average molecular weight is 472 g/mol. The number of allylic oxidation sites excluding steroid dienone is 5. The highest BCUT2D eigenvalue weighted by Gasteiger charge is 2.37. The molecule has 1 aliphatic rings. The Labute approximate surface area is 182 Å². The SMILES string of the molecule is NC(=O)C(=C/n1cnc(-c2cc(C(F)(F)F)cc(C(F)(F)F)c2)n1)/C1=C/C=C\CCC(F)=C1. The lowest BCUT2D eigenvalue weighted by Gasteiger charge is -2.13. The standard InChI is InChI=1S/C21H15F7N4O/c22-16-5-3-1-2-4-12(8-16)17(18(29)33)10-32-11-30-19(31-32)13-6-14(20(23,24)25)9-15(7-13)21(26,27)28/h1-2,4,6-11H,3,5H2,(H2,29,33)/b2-1-,12-4+,16-8?,17-10+. The zero-order valence-corrected chi connectivity index (χ0v) is 16.6. The summed E-state index contributed by atoms with van der Waals surface area (Å²) in [6, 6.07) is 0.947. The Hall–Kier alpha value is -3.70. The summed E-state index contributed by atoms with van der Waals surface area (Å²) in [7, 11) is 0. The number of rotatable bonds is 4. The van der Waals surface area contributed by atoms with E-state index in [0.717, 1.165) is 23.3 Å². The van der Waals surface area contributed by atoms with Crippen LogP contribution in [0.15, 0.2) is 65.8 Å². The highest BCUT2D eigenvalue weighted by molar-refractivity contribution is 6.00. The molecular formula is C21H15F7N4O. The number of benzene rings is 1. The van der Waals surface area contributed by atoms with Crippen LogP contribution in [0, 0.1) is 0 Å². The first-order valence-corrected chi connectivity index (χ1v) is 9.30. The number of nitrogens with two attached hydrogens (primary N) is 1. The molecule has 174 valence electrons. The molecule has 0 fully saturated rings. The number of carbonyl (C=O) groups is 1. The molecular weight excluding hydrogens is 457 g/mol. The summed E-state index contributed by atoms with van der Waals surface area (Å²) in [5.41, 5.74) is 1.69. The van der Waals surface area contributed by atoms with Crippen molar-refractivity contribution in [1.29, 1.82) is 0 Å². The number of primary amides is 1. The van der Waals surface area contributed by atoms with Crippen LogP contribution in [0.2, 0.25) is 0 Å². The van der Waals surface area contributed by atoms with Crippen molar-refractivity contribution < 1.29 is 35.5 Å². The van der Waals surface area contributed by atoms with E-state index in [1.54, 1.807) is 12.2 Å². The second-order valence-electron chi connectivity index (χ2n) is 6.93. The first kappa shape index (κ1) is 24.0. The van der Waals surface area contributed by atoms with Gasteiger partial charge in [0.2, 0.25) is 0 Å². The van der Waals surface area contributed by atoms with Gasteiger partial charge in [0, 0.05) is 18.2 Å².